The Morgan fingerprint density at radius 3 is 2.15 bits per heavy atom. The normalized spacial score (nSPS) is 10.6. The van der Waals surface area contributed by atoms with Crippen molar-refractivity contribution < 1.29 is 19.0 Å². The average molecular weight is 355 g/mol. The third-order valence-corrected chi connectivity index (χ3v) is 3.49. The van der Waals surface area contributed by atoms with Gasteiger partial charge in [0.1, 0.15) is 17.2 Å². The van der Waals surface area contributed by atoms with Gasteiger partial charge in [0.15, 0.2) is 5.78 Å². The molecule has 1 N–H and O–H groups in total. The fourth-order valence-corrected chi connectivity index (χ4v) is 2.35. The zero-order chi connectivity index (χ0) is 18.8. The second-order valence-electron chi connectivity index (χ2n) is 5.32. The van der Waals surface area contributed by atoms with Gasteiger partial charge in [0.25, 0.3) is 0 Å². The summed E-state index contributed by atoms with van der Waals surface area (Å²) in [4.78, 5) is 12.3. The number of carbonyl (C=O) groups is 1. The molecule has 0 spiro atoms. The van der Waals surface area contributed by atoms with Gasteiger partial charge >= 0.3 is 0 Å². The molecule has 0 aliphatic heterocycles. The van der Waals surface area contributed by atoms with Crippen LogP contribution in [0.5, 0.6) is 17.2 Å². The molecular formula is C21H25NO4. The van der Waals surface area contributed by atoms with Gasteiger partial charge in [-0.2, -0.15) is 0 Å². The van der Waals surface area contributed by atoms with Crippen LogP contribution in [0.1, 0.15) is 31.1 Å². The Bertz CT molecular complexity index is 738. The Labute approximate surface area is 154 Å². The number of rotatable bonds is 10. The van der Waals surface area contributed by atoms with E-state index in [4.69, 9.17) is 14.2 Å². The van der Waals surface area contributed by atoms with Crippen LogP contribution in [-0.2, 0) is 0 Å². The number of benzene rings is 2. The first kappa shape index (κ1) is 19.4. The van der Waals surface area contributed by atoms with E-state index in [9.17, 15) is 4.79 Å². The summed E-state index contributed by atoms with van der Waals surface area (Å²) in [5, 5.41) is 3.10. The van der Waals surface area contributed by atoms with E-state index in [1.165, 1.54) is 6.08 Å². The number of nitrogens with one attached hydrogen (secondary N) is 1. The van der Waals surface area contributed by atoms with Gasteiger partial charge in [0.05, 0.1) is 25.5 Å². The molecule has 0 radical (unpaired) electrons. The van der Waals surface area contributed by atoms with Crippen molar-refractivity contribution in [2.45, 2.75) is 20.8 Å². The maximum Gasteiger partial charge on any atom is 0.187 e. The number of ketones is 1. The first-order valence-corrected chi connectivity index (χ1v) is 8.77. The Balaban J connectivity index is 2.06. The first-order chi connectivity index (χ1) is 12.7. The molecule has 26 heavy (non-hydrogen) atoms. The largest absolute Gasteiger partial charge is 0.494 e. The van der Waals surface area contributed by atoms with E-state index in [2.05, 4.69) is 5.32 Å². The van der Waals surface area contributed by atoms with Gasteiger partial charge in [-0.05, 0) is 57.2 Å². The molecule has 5 heteroatoms. The third kappa shape index (κ3) is 5.55. The van der Waals surface area contributed by atoms with Gasteiger partial charge < -0.3 is 19.5 Å². The number of allylic oxidation sites excluding steroid dienone is 1. The Hall–Kier alpha value is -2.95. The molecule has 2 aromatic rings. The lowest BCUT2D eigenvalue weighted by Gasteiger charge is -2.12. The maximum atomic E-state index is 12.3. The van der Waals surface area contributed by atoms with E-state index in [0.717, 1.165) is 17.2 Å². The monoisotopic (exact) mass is 355 g/mol. The third-order valence-electron chi connectivity index (χ3n) is 3.49. The number of hydrogen-bond acceptors (Lipinski definition) is 5. The lowest BCUT2D eigenvalue weighted by molar-refractivity contribution is 0.104. The van der Waals surface area contributed by atoms with Crippen molar-refractivity contribution in [1.82, 2.24) is 0 Å². The van der Waals surface area contributed by atoms with Crippen LogP contribution in [0.25, 0.3) is 0 Å². The van der Waals surface area contributed by atoms with Crippen molar-refractivity contribution >= 4 is 11.5 Å². The van der Waals surface area contributed by atoms with Crippen molar-refractivity contribution in [1.29, 1.82) is 0 Å². The molecule has 0 aliphatic carbocycles. The van der Waals surface area contributed by atoms with E-state index in [1.807, 2.05) is 39.0 Å². The highest BCUT2D eigenvalue weighted by Crippen LogP contribution is 2.29. The van der Waals surface area contributed by atoms with E-state index < -0.39 is 0 Å². The van der Waals surface area contributed by atoms with Crippen LogP contribution < -0.4 is 19.5 Å². The highest BCUT2D eigenvalue weighted by molar-refractivity contribution is 6.04. The van der Waals surface area contributed by atoms with Crippen LogP contribution in [0.15, 0.2) is 54.7 Å². The first-order valence-electron chi connectivity index (χ1n) is 8.77. The summed E-state index contributed by atoms with van der Waals surface area (Å²) >= 11 is 0. The highest BCUT2D eigenvalue weighted by atomic mass is 16.5. The summed E-state index contributed by atoms with van der Waals surface area (Å²) in [6.07, 6.45) is 3.09. The summed E-state index contributed by atoms with van der Waals surface area (Å²) in [5.41, 5.74) is 1.34. The van der Waals surface area contributed by atoms with Gasteiger partial charge in [0, 0.05) is 23.9 Å². The molecule has 0 saturated carbocycles. The predicted octanol–water partition coefficient (Wildman–Crippen LogP) is 4.69. The zero-order valence-electron chi connectivity index (χ0n) is 15.5. The molecule has 0 unspecified atom stereocenters. The minimum atomic E-state index is -0.0977. The molecule has 138 valence electrons. The number of carbonyl (C=O) groups excluding carboxylic acids is 1. The van der Waals surface area contributed by atoms with Gasteiger partial charge in [-0.25, -0.2) is 0 Å². The SMILES string of the molecule is CCOc1ccc(C(=O)C=CNc2cc(OCC)ccc2OCC)cc1. The zero-order valence-corrected chi connectivity index (χ0v) is 15.5. The van der Waals surface area contributed by atoms with Crippen LogP contribution >= 0.6 is 0 Å². The van der Waals surface area contributed by atoms with Gasteiger partial charge in [-0.15, -0.1) is 0 Å². The summed E-state index contributed by atoms with van der Waals surface area (Å²) in [6.45, 7) is 7.51. The molecule has 5 nitrogen and oxygen atoms in total. The number of anilines is 1. The minimum absolute atomic E-state index is 0.0977. The average Bonchev–Trinajstić information content (AvgIpc) is 2.65. The van der Waals surface area contributed by atoms with Crippen LogP contribution in [0.4, 0.5) is 5.69 Å². The highest BCUT2D eigenvalue weighted by Gasteiger charge is 2.06. The molecule has 0 amide bonds. The molecule has 0 aliphatic rings. The van der Waals surface area contributed by atoms with E-state index >= 15 is 0 Å². The lowest BCUT2D eigenvalue weighted by atomic mass is 10.1. The number of ether oxygens (including phenoxy) is 3. The predicted molar refractivity (Wildman–Crippen MR) is 103 cm³/mol. The fraction of sp³-hybridized carbons (Fsp3) is 0.286. The molecule has 2 aromatic carbocycles. The summed E-state index contributed by atoms with van der Waals surface area (Å²) < 4.78 is 16.5. The molecular weight excluding hydrogens is 330 g/mol. The molecule has 0 fully saturated rings. The second kappa shape index (κ2) is 10.1. The molecule has 0 heterocycles. The second-order valence-corrected chi connectivity index (χ2v) is 5.32. The van der Waals surface area contributed by atoms with E-state index in [-0.39, 0.29) is 5.78 Å². The quantitative estimate of drug-likeness (QED) is 0.495. The van der Waals surface area contributed by atoms with Crippen molar-refractivity contribution in [2.75, 3.05) is 25.1 Å². The summed E-state index contributed by atoms with van der Waals surface area (Å²) in [5.74, 6) is 2.10. The smallest absolute Gasteiger partial charge is 0.187 e. The van der Waals surface area contributed by atoms with Crippen LogP contribution in [0.3, 0.4) is 0 Å². The Morgan fingerprint density at radius 2 is 1.50 bits per heavy atom. The topological polar surface area (TPSA) is 56.8 Å². The lowest BCUT2D eigenvalue weighted by Crippen LogP contribution is -2.00. The Kier molecular flexibility index (Phi) is 7.55. The minimum Gasteiger partial charge on any atom is -0.494 e. The van der Waals surface area contributed by atoms with Crippen molar-refractivity contribution in [3.63, 3.8) is 0 Å². The summed E-state index contributed by atoms with van der Waals surface area (Å²) in [6, 6.07) is 12.6. The van der Waals surface area contributed by atoms with Crippen LogP contribution in [0, 0.1) is 0 Å². The standard InChI is InChI=1S/C21H25NO4/c1-4-24-17-9-7-16(8-10-17)20(23)13-14-22-19-15-18(25-5-2)11-12-21(19)26-6-3/h7-15,22H,4-6H2,1-3H3. The molecule has 0 bridgehead atoms. The van der Waals surface area contributed by atoms with Gasteiger partial charge in [-0.1, -0.05) is 0 Å². The number of hydrogen-bond donors (Lipinski definition) is 1. The maximum absolute atomic E-state index is 12.3. The molecule has 0 aromatic heterocycles. The van der Waals surface area contributed by atoms with Crippen molar-refractivity contribution in [3.8, 4) is 17.2 Å². The van der Waals surface area contributed by atoms with E-state index in [1.54, 1.807) is 30.5 Å². The van der Waals surface area contributed by atoms with E-state index in [0.29, 0.717) is 31.1 Å². The fourth-order valence-electron chi connectivity index (χ4n) is 2.35. The molecule has 0 saturated heterocycles. The van der Waals surface area contributed by atoms with Gasteiger partial charge in [-0.3, -0.25) is 4.79 Å². The molecule has 2 rings (SSSR count). The van der Waals surface area contributed by atoms with Crippen LogP contribution in [0.2, 0.25) is 0 Å². The summed E-state index contributed by atoms with van der Waals surface area (Å²) in [7, 11) is 0. The van der Waals surface area contributed by atoms with Crippen molar-refractivity contribution in [3.05, 3.63) is 60.3 Å². The Morgan fingerprint density at radius 1 is 0.885 bits per heavy atom. The van der Waals surface area contributed by atoms with Crippen LogP contribution in [-0.4, -0.2) is 25.6 Å². The van der Waals surface area contributed by atoms with Gasteiger partial charge in [0.2, 0.25) is 0 Å². The van der Waals surface area contributed by atoms with Crippen molar-refractivity contribution in [2.24, 2.45) is 0 Å². The molecule has 0 atom stereocenters.